The first kappa shape index (κ1) is 13.5. The van der Waals surface area contributed by atoms with Gasteiger partial charge in [0.05, 0.1) is 11.3 Å². The lowest BCUT2D eigenvalue weighted by atomic mass is 10.1. The molecule has 94 valence electrons. The molecule has 0 atom stereocenters. The molecule has 0 aliphatic heterocycles. The number of para-hydroxylation sites is 1. The zero-order valence-corrected chi connectivity index (χ0v) is 10.4. The van der Waals surface area contributed by atoms with Crippen LogP contribution in [-0.4, -0.2) is 24.4 Å². The molecule has 0 saturated carbocycles. The Balaban J connectivity index is 2.71. The van der Waals surface area contributed by atoms with Crippen molar-refractivity contribution in [1.82, 2.24) is 4.90 Å². The summed E-state index contributed by atoms with van der Waals surface area (Å²) in [6.45, 7) is 2.77. The van der Waals surface area contributed by atoms with Gasteiger partial charge in [-0.15, -0.1) is 0 Å². The van der Waals surface area contributed by atoms with Crippen molar-refractivity contribution in [1.29, 1.82) is 0 Å². The highest BCUT2D eigenvalue weighted by atomic mass is 19.1. The van der Waals surface area contributed by atoms with Crippen LogP contribution in [0.5, 0.6) is 0 Å². The monoisotopic (exact) mass is 238 g/mol. The van der Waals surface area contributed by atoms with Crippen molar-refractivity contribution < 1.29 is 9.18 Å². The molecule has 0 fully saturated rings. The van der Waals surface area contributed by atoms with Crippen LogP contribution in [0.2, 0.25) is 0 Å². The fourth-order valence-electron chi connectivity index (χ4n) is 1.63. The summed E-state index contributed by atoms with van der Waals surface area (Å²) in [5.41, 5.74) is 5.72. The van der Waals surface area contributed by atoms with Gasteiger partial charge in [0, 0.05) is 13.6 Å². The zero-order valence-electron chi connectivity index (χ0n) is 10.4. The van der Waals surface area contributed by atoms with Crippen molar-refractivity contribution in [2.24, 2.45) is 0 Å². The van der Waals surface area contributed by atoms with Gasteiger partial charge in [-0.2, -0.15) is 0 Å². The molecule has 0 unspecified atom stereocenters. The van der Waals surface area contributed by atoms with Crippen molar-refractivity contribution in [3.8, 4) is 0 Å². The lowest BCUT2D eigenvalue weighted by molar-refractivity contribution is 0.0793. The standard InChI is InChI=1S/C13H19FN2O/c1-3-4-5-9-16(2)13(17)10-7-6-8-11(14)12(10)15/h6-8H,3-5,9,15H2,1-2H3. The van der Waals surface area contributed by atoms with Gasteiger partial charge in [-0.1, -0.05) is 25.8 Å². The van der Waals surface area contributed by atoms with Crippen LogP contribution in [0.3, 0.4) is 0 Å². The molecule has 4 heteroatoms. The van der Waals surface area contributed by atoms with Crippen LogP contribution in [0.25, 0.3) is 0 Å². The normalized spacial score (nSPS) is 10.3. The lowest BCUT2D eigenvalue weighted by Gasteiger charge is -2.18. The van der Waals surface area contributed by atoms with Crippen LogP contribution in [0.4, 0.5) is 10.1 Å². The van der Waals surface area contributed by atoms with Crippen molar-refractivity contribution in [2.75, 3.05) is 19.3 Å². The number of hydrogen-bond donors (Lipinski definition) is 1. The third-order valence-corrected chi connectivity index (χ3v) is 2.73. The summed E-state index contributed by atoms with van der Waals surface area (Å²) in [7, 11) is 1.71. The van der Waals surface area contributed by atoms with Crippen molar-refractivity contribution in [3.63, 3.8) is 0 Å². The summed E-state index contributed by atoms with van der Waals surface area (Å²) in [5.74, 6) is -0.768. The first-order chi connectivity index (χ1) is 8.07. The summed E-state index contributed by atoms with van der Waals surface area (Å²) in [4.78, 5) is 13.6. The van der Waals surface area contributed by atoms with E-state index < -0.39 is 5.82 Å². The Kier molecular flexibility index (Phi) is 4.94. The Labute approximate surface area is 101 Å². The topological polar surface area (TPSA) is 46.3 Å². The maximum absolute atomic E-state index is 13.2. The van der Waals surface area contributed by atoms with E-state index in [0.717, 1.165) is 19.3 Å². The first-order valence-electron chi connectivity index (χ1n) is 5.87. The second kappa shape index (κ2) is 6.23. The number of rotatable bonds is 5. The Morgan fingerprint density at radius 2 is 2.12 bits per heavy atom. The summed E-state index contributed by atoms with van der Waals surface area (Å²) in [6, 6.07) is 4.30. The summed E-state index contributed by atoms with van der Waals surface area (Å²) < 4.78 is 13.2. The summed E-state index contributed by atoms with van der Waals surface area (Å²) in [5, 5.41) is 0. The van der Waals surface area contributed by atoms with Gasteiger partial charge in [-0.25, -0.2) is 4.39 Å². The van der Waals surface area contributed by atoms with Gasteiger partial charge in [-0.3, -0.25) is 4.79 Å². The molecule has 0 saturated heterocycles. The predicted octanol–water partition coefficient (Wildman–Crippen LogP) is 2.67. The third-order valence-electron chi connectivity index (χ3n) is 2.73. The van der Waals surface area contributed by atoms with Gasteiger partial charge in [0.1, 0.15) is 5.82 Å². The number of unbranched alkanes of at least 4 members (excludes halogenated alkanes) is 2. The Hall–Kier alpha value is -1.58. The van der Waals surface area contributed by atoms with E-state index >= 15 is 0 Å². The van der Waals surface area contributed by atoms with E-state index in [9.17, 15) is 9.18 Å². The minimum absolute atomic E-state index is 0.0696. The number of anilines is 1. The highest BCUT2D eigenvalue weighted by molar-refractivity contribution is 5.99. The lowest BCUT2D eigenvalue weighted by Crippen LogP contribution is -2.28. The number of carbonyl (C=O) groups is 1. The molecule has 2 N–H and O–H groups in total. The number of amides is 1. The molecule has 3 nitrogen and oxygen atoms in total. The largest absolute Gasteiger partial charge is 0.396 e. The fourth-order valence-corrected chi connectivity index (χ4v) is 1.63. The molecule has 0 heterocycles. The van der Waals surface area contributed by atoms with Crippen LogP contribution in [0, 0.1) is 5.82 Å². The SMILES string of the molecule is CCCCCN(C)C(=O)c1cccc(F)c1N. The van der Waals surface area contributed by atoms with Crippen LogP contribution >= 0.6 is 0 Å². The number of nitrogens with two attached hydrogens (primary N) is 1. The fraction of sp³-hybridized carbons (Fsp3) is 0.462. The van der Waals surface area contributed by atoms with Crippen LogP contribution < -0.4 is 5.73 Å². The highest BCUT2D eigenvalue weighted by Crippen LogP contribution is 2.17. The van der Waals surface area contributed by atoms with Gasteiger partial charge in [0.25, 0.3) is 5.91 Å². The van der Waals surface area contributed by atoms with Crippen LogP contribution in [0.1, 0.15) is 36.5 Å². The molecule has 0 radical (unpaired) electrons. The Morgan fingerprint density at radius 3 is 2.76 bits per heavy atom. The van der Waals surface area contributed by atoms with Crippen LogP contribution in [-0.2, 0) is 0 Å². The minimum Gasteiger partial charge on any atom is -0.396 e. The second-order valence-electron chi connectivity index (χ2n) is 4.13. The quantitative estimate of drug-likeness (QED) is 0.633. The Morgan fingerprint density at radius 1 is 1.41 bits per heavy atom. The van der Waals surface area contributed by atoms with E-state index in [1.54, 1.807) is 18.0 Å². The molecule has 0 aromatic heterocycles. The molecule has 0 aliphatic rings. The van der Waals surface area contributed by atoms with E-state index in [1.807, 2.05) is 0 Å². The zero-order chi connectivity index (χ0) is 12.8. The molecule has 0 spiro atoms. The molecular weight excluding hydrogens is 219 g/mol. The number of hydrogen-bond acceptors (Lipinski definition) is 2. The molecule has 17 heavy (non-hydrogen) atoms. The summed E-state index contributed by atoms with van der Waals surface area (Å²) >= 11 is 0. The van der Waals surface area contributed by atoms with Crippen molar-refractivity contribution >= 4 is 11.6 Å². The average molecular weight is 238 g/mol. The third kappa shape index (κ3) is 3.44. The smallest absolute Gasteiger partial charge is 0.255 e. The van der Waals surface area contributed by atoms with Crippen LogP contribution in [0.15, 0.2) is 18.2 Å². The number of nitrogen functional groups attached to an aromatic ring is 1. The maximum Gasteiger partial charge on any atom is 0.255 e. The maximum atomic E-state index is 13.2. The van der Waals surface area contributed by atoms with Gasteiger partial charge >= 0.3 is 0 Å². The van der Waals surface area contributed by atoms with Crippen molar-refractivity contribution in [3.05, 3.63) is 29.6 Å². The molecule has 1 amide bonds. The van der Waals surface area contributed by atoms with E-state index in [4.69, 9.17) is 5.73 Å². The minimum atomic E-state index is -0.544. The van der Waals surface area contributed by atoms with E-state index in [0.29, 0.717) is 6.54 Å². The predicted molar refractivity (Wildman–Crippen MR) is 67.3 cm³/mol. The van der Waals surface area contributed by atoms with E-state index in [-0.39, 0.29) is 17.2 Å². The molecule has 0 aliphatic carbocycles. The number of halogens is 1. The second-order valence-corrected chi connectivity index (χ2v) is 4.13. The molecule has 1 rings (SSSR count). The molecule has 0 bridgehead atoms. The van der Waals surface area contributed by atoms with Gasteiger partial charge < -0.3 is 10.6 Å². The first-order valence-corrected chi connectivity index (χ1v) is 5.87. The number of carbonyl (C=O) groups excluding carboxylic acids is 1. The van der Waals surface area contributed by atoms with E-state index in [1.165, 1.54) is 12.1 Å². The molecule has 1 aromatic carbocycles. The number of benzene rings is 1. The van der Waals surface area contributed by atoms with E-state index in [2.05, 4.69) is 6.92 Å². The number of nitrogens with zero attached hydrogens (tertiary/aromatic N) is 1. The van der Waals surface area contributed by atoms with Gasteiger partial charge in [0.2, 0.25) is 0 Å². The van der Waals surface area contributed by atoms with Crippen molar-refractivity contribution in [2.45, 2.75) is 26.2 Å². The highest BCUT2D eigenvalue weighted by Gasteiger charge is 2.16. The van der Waals surface area contributed by atoms with Gasteiger partial charge in [0.15, 0.2) is 0 Å². The molecular formula is C13H19FN2O. The Bertz CT molecular complexity index is 393. The molecule has 1 aromatic rings. The average Bonchev–Trinajstić information content (AvgIpc) is 2.32. The summed E-state index contributed by atoms with van der Waals surface area (Å²) in [6.07, 6.45) is 3.13. The van der Waals surface area contributed by atoms with Gasteiger partial charge in [-0.05, 0) is 18.6 Å².